The zero-order valence-electron chi connectivity index (χ0n) is 10.3. The monoisotopic (exact) mass is 253 g/mol. The molecule has 4 nitrogen and oxygen atoms in total. The van der Waals surface area contributed by atoms with Crippen molar-refractivity contribution in [2.24, 2.45) is 0 Å². The number of rotatable bonds is 2. The van der Waals surface area contributed by atoms with Gasteiger partial charge in [-0.3, -0.25) is 4.98 Å². The number of aromatic nitrogens is 1. The molecule has 3 aromatic rings. The highest BCUT2D eigenvalue weighted by molar-refractivity contribution is 5.93. The molecule has 0 saturated heterocycles. The van der Waals surface area contributed by atoms with Gasteiger partial charge in [0.05, 0.1) is 17.5 Å². The molecule has 0 saturated carbocycles. The molecule has 2 heterocycles. The number of pyridine rings is 1. The molecule has 0 atom stereocenters. The lowest BCUT2D eigenvalue weighted by Crippen LogP contribution is -1.95. The molecule has 0 aliphatic rings. The van der Waals surface area contributed by atoms with E-state index in [0.29, 0.717) is 0 Å². The summed E-state index contributed by atoms with van der Waals surface area (Å²) >= 11 is 0. The first-order valence-electron chi connectivity index (χ1n) is 5.84. The van der Waals surface area contributed by atoms with Gasteiger partial charge in [0.2, 0.25) is 0 Å². The predicted octanol–water partition coefficient (Wildman–Crippen LogP) is 3.50. The van der Waals surface area contributed by atoms with Gasteiger partial charge in [0.25, 0.3) is 0 Å². The third-order valence-corrected chi connectivity index (χ3v) is 2.98. The van der Waals surface area contributed by atoms with Crippen molar-refractivity contribution in [1.82, 2.24) is 4.98 Å². The minimum atomic E-state index is -0.933. The van der Waals surface area contributed by atoms with Crippen LogP contribution in [0.3, 0.4) is 0 Å². The van der Waals surface area contributed by atoms with E-state index in [1.165, 1.54) is 0 Å². The fourth-order valence-electron chi connectivity index (χ4n) is 2.08. The van der Waals surface area contributed by atoms with Gasteiger partial charge in [0, 0.05) is 22.7 Å². The summed E-state index contributed by atoms with van der Waals surface area (Å²) in [6.07, 6.45) is 1.63. The van der Waals surface area contributed by atoms with Crippen molar-refractivity contribution in [3.63, 3.8) is 0 Å². The maximum absolute atomic E-state index is 10.8. The molecule has 0 aliphatic carbocycles. The normalized spacial score (nSPS) is 10.8. The lowest BCUT2D eigenvalue weighted by atomic mass is 10.1. The summed E-state index contributed by atoms with van der Waals surface area (Å²) in [5.41, 5.74) is 3.59. The number of hydrogen-bond acceptors (Lipinski definition) is 3. The van der Waals surface area contributed by atoms with Crippen molar-refractivity contribution in [1.29, 1.82) is 0 Å². The van der Waals surface area contributed by atoms with Crippen molar-refractivity contribution in [2.75, 3.05) is 0 Å². The van der Waals surface area contributed by atoms with Crippen molar-refractivity contribution in [2.45, 2.75) is 6.92 Å². The third-order valence-electron chi connectivity index (χ3n) is 2.98. The van der Waals surface area contributed by atoms with Gasteiger partial charge in [-0.05, 0) is 25.1 Å². The largest absolute Gasteiger partial charge is 0.478 e. The van der Waals surface area contributed by atoms with Gasteiger partial charge in [0.1, 0.15) is 5.58 Å². The Morgan fingerprint density at radius 3 is 2.63 bits per heavy atom. The van der Waals surface area contributed by atoms with E-state index >= 15 is 0 Å². The summed E-state index contributed by atoms with van der Waals surface area (Å²) in [6.45, 7) is 1.90. The zero-order chi connectivity index (χ0) is 13.4. The summed E-state index contributed by atoms with van der Waals surface area (Å²) in [7, 11) is 0. The summed E-state index contributed by atoms with van der Waals surface area (Å²) in [6, 6.07) is 10.4. The maximum atomic E-state index is 10.8. The minimum Gasteiger partial charge on any atom is -0.478 e. The Kier molecular flexibility index (Phi) is 2.56. The fraction of sp³-hybridized carbons (Fsp3) is 0.0667. The number of furan rings is 1. The van der Waals surface area contributed by atoms with Crippen LogP contribution in [0.1, 0.15) is 16.1 Å². The highest BCUT2D eigenvalue weighted by Crippen LogP contribution is 2.28. The molecule has 0 spiro atoms. The molecule has 0 radical (unpaired) electrons. The van der Waals surface area contributed by atoms with Crippen LogP contribution >= 0.6 is 0 Å². The summed E-state index contributed by atoms with van der Waals surface area (Å²) in [5.74, 6) is -0.933. The number of aromatic carboxylic acids is 1. The van der Waals surface area contributed by atoms with Crippen molar-refractivity contribution in [3.05, 3.63) is 53.9 Å². The molecule has 0 unspecified atom stereocenters. The smallest absolute Gasteiger partial charge is 0.335 e. The first-order valence-corrected chi connectivity index (χ1v) is 5.84. The second-order valence-electron chi connectivity index (χ2n) is 4.33. The molecule has 19 heavy (non-hydrogen) atoms. The van der Waals surface area contributed by atoms with Crippen LogP contribution in [-0.2, 0) is 0 Å². The van der Waals surface area contributed by atoms with Gasteiger partial charge in [-0.1, -0.05) is 12.1 Å². The number of carboxylic acids is 1. The molecule has 1 aromatic carbocycles. The molecule has 2 aromatic heterocycles. The average molecular weight is 253 g/mol. The molecule has 0 aliphatic heterocycles. The van der Waals surface area contributed by atoms with E-state index in [4.69, 9.17) is 9.52 Å². The van der Waals surface area contributed by atoms with Crippen LogP contribution in [0.15, 0.2) is 47.1 Å². The molecular weight excluding hydrogens is 242 g/mol. The second kappa shape index (κ2) is 4.24. The number of nitrogens with zero attached hydrogens (tertiary/aromatic N) is 1. The van der Waals surface area contributed by atoms with Crippen LogP contribution in [0.4, 0.5) is 0 Å². The number of hydrogen-bond donors (Lipinski definition) is 1. The Bertz CT molecular complexity index is 757. The van der Waals surface area contributed by atoms with Gasteiger partial charge in [0.15, 0.2) is 0 Å². The number of aryl methyl sites for hydroxylation is 1. The Labute approximate surface area is 109 Å². The Hall–Kier alpha value is -2.62. The van der Waals surface area contributed by atoms with E-state index in [-0.39, 0.29) is 5.56 Å². The van der Waals surface area contributed by atoms with E-state index in [9.17, 15) is 4.79 Å². The van der Waals surface area contributed by atoms with Crippen molar-refractivity contribution < 1.29 is 14.3 Å². The molecular formula is C15H11NO3. The Morgan fingerprint density at radius 1 is 1.21 bits per heavy atom. The Morgan fingerprint density at radius 2 is 1.95 bits per heavy atom. The van der Waals surface area contributed by atoms with E-state index in [0.717, 1.165) is 27.9 Å². The number of carbonyl (C=O) groups is 1. The van der Waals surface area contributed by atoms with Crippen LogP contribution in [-0.4, -0.2) is 16.1 Å². The van der Waals surface area contributed by atoms with Crippen LogP contribution in [0.5, 0.6) is 0 Å². The summed E-state index contributed by atoms with van der Waals surface area (Å²) < 4.78 is 5.39. The van der Waals surface area contributed by atoms with E-state index in [1.807, 2.05) is 19.1 Å². The topological polar surface area (TPSA) is 63.3 Å². The van der Waals surface area contributed by atoms with Crippen LogP contribution in [0.2, 0.25) is 0 Å². The summed E-state index contributed by atoms with van der Waals surface area (Å²) in [4.78, 5) is 15.4. The fourth-order valence-corrected chi connectivity index (χ4v) is 2.08. The van der Waals surface area contributed by atoms with Crippen molar-refractivity contribution in [3.8, 4) is 11.3 Å². The molecule has 0 amide bonds. The first kappa shape index (κ1) is 11.5. The van der Waals surface area contributed by atoms with Crippen LogP contribution in [0, 0.1) is 6.92 Å². The molecule has 0 bridgehead atoms. The molecule has 0 fully saturated rings. The number of benzene rings is 1. The first-order chi connectivity index (χ1) is 9.15. The maximum Gasteiger partial charge on any atom is 0.335 e. The van der Waals surface area contributed by atoms with E-state index in [2.05, 4.69) is 4.98 Å². The van der Waals surface area contributed by atoms with Gasteiger partial charge in [-0.15, -0.1) is 0 Å². The highest BCUT2D eigenvalue weighted by atomic mass is 16.4. The van der Waals surface area contributed by atoms with Crippen LogP contribution in [0.25, 0.3) is 22.2 Å². The summed E-state index contributed by atoms with van der Waals surface area (Å²) in [5, 5.41) is 9.82. The molecule has 1 N–H and O–H groups in total. The zero-order valence-corrected chi connectivity index (χ0v) is 10.3. The number of carboxylic acid groups (broad SMARTS) is 1. The van der Waals surface area contributed by atoms with Gasteiger partial charge in [-0.25, -0.2) is 4.79 Å². The predicted molar refractivity (Wildman–Crippen MR) is 71.1 cm³/mol. The van der Waals surface area contributed by atoms with Crippen LogP contribution < -0.4 is 0 Å². The van der Waals surface area contributed by atoms with Gasteiger partial charge < -0.3 is 9.52 Å². The standard InChI is InChI=1S/C15H11NO3/c1-9-8-13-12(6-7-19-13)14(16-9)10-2-4-11(5-3-10)15(17)18/h2-8H,1H3,(H,17,18). The van der Waals surface area contributed by atoms with Crippen molar-refractivity contribution >= 4 is 16.9 Å². The number of fused-ring (bicyclic) bond motifs is 1. The Balaban J connectivity index is 2.18. The van der Waals surface area contributed by atoms with Gasteiger partial charge in [-0.2, -0.15) is 0 Å². The SMILES string of the molecule is Cc1cc2occc2c(-c2ccc(C(=O)O)cc2)n1. The second-order valence-corrected chi connectivity index (χ2v) is 4.33. The lowest BCUT2D eigenvalue weighted by Gasteiger charge is -2.04. The minimum absolute atomic E-state index is 0.264. The van der Waals surface area contributed by atoms with E-state index < -0.39 is 5.97 Å². The average Bonchev–Trinajstić information content (AvgIpc) is 2.85. The molecule has 4 heteroatoms. The third kappa shape index (κ3) is 1.97. The molecule has 3 rings (SSSR count). The van der Waals surface area contributed by atoms with Gasteiger partial charge >= 0.3 is 5.97 Å². The van der Waals surface area contributed by atoms with E-state index in [1.54, 1.807) is 30.5 Å². The molecule has 94 valence electrons. The highest BCUT2D eigenvalue weighted by Gasteiger charge is 2.10. The lowest BCUT2D eigenvalue weighted by molar-refractivity contribution is 0.0697. The quantitative estimate of drug-likeness (QED) is 0.759.